The van der Waals surface area contributed by atoms with E-state index in [4.69, 9.17) is 0 Å². The minimum atomic E-state index is -4.95. The Morgan fingerprint density at radius 3 is 1.59 bits per heavy atom. The van der Waals surface area contributed by atoms with Gasteiger partial charge in [0.1, 0.15) is 4.90 Å². The summed E-state index contributed by atoms with van der Waals surface area (Å²) < 4.78 is 33.8. The number of benzene rings is 3. The van der Waals surface area contributed by atoms with Crippen molar-refractivity contribution in [1.29, 1.82) is 0 Å². The highest BCUT2D eigenvalue weighted by molar-refractivity contribution is 7.86. The summed E-state index contributed by atoms with van der Waals surface area (Å²) in [6.07, 6.45) is 5.43. The van der Waals surface area contributed by atoms with Crippen molar-refractivity contribution in [3.63, 3.8) is 0 Å². The zero-order valence-corrected chi connectivity index (χ0v) is 17.2. The molecule has 0 amide bonds. The predicted octanol–water partition coefficient (Wildman–Crippen LogP) is 5.09. The zero-order valence-electron chi connectivity index (χ0n) is 16.4. The van der Waals surface area contributed by atoms with Crippen LogP contribution in [-0.2, 0) is 10.1 Å². The number of hydrogen-bond acceptors (Lipinski definition) is 6. The van der Waals surface area contributed by atoms with Crippen LogP contribution in [0, 0.1) is 20.2 Å². The SMILES string of the molecule is O=[N+]([O-])c1cc(S(=O)(=O)O)c(C=Cc2ccccc2)c(C=Cc2ccccc2)c1[N+](=O)[O-]. The topological polar surface area (TPSA) is 141 Å². The summed E-state index contributed by atoms with van der Waals surface area (Å²) in [4.78, 5) is 20.5. The Balaban J connectivity index is 2.38. The molecule has 1 N–H and O–H groups in total. The Kier molecular flexibility index (Phi) is 6.57. The Hall–Kier alpha value is -4.15. The van der Waals surface area contributed by atoms with Gasteiger partial charge in [-0.05, 0) is 17.2 Å². The molecule has 3 rings (SSSR count). The van der Waals surface area contributed by atoms with Crippen molar-refractivity contribution in [2.75, 3.05) is 0 Å². The van der Waals surface area contributed by atoms with E-state index in [9.17, 15) is 33.2 Å². The Morgan fingerprint density at radius 2 is 1.19 bits per heavy atom. The fourth-order valence-corrected chi connectivity index (χ4v) is 3.76. The first-order valence-corrected chi connectivity index (χ1v) is 10.6. The smallest absolute Gasteiger partial charge is 0.282 e. The van der Waals surface area contributed by atoms with Crippen LogP contribution in [0.4, 0.5) is 11.4 Å². The molecule has 0 saturated carbocycles. The van der Waals surface area contributed by atoms with Crippen LogP contribution in [0.1, 0.15) is 22.3 Å². The van der Waals surface area contributed by atoms with Crippen LogP contribution in [0.25, 0.3) is 24.3 Å². The lowest BCUT2D eigenvalue weighted by atomic mass is 10.0. The second-order valence-corrected chi connectivity index (χ2v) is 7.94. The summed E-state index contributed by atoms with van der Waals surface area (Å²) in [5.74, 6) is 0. The van der Waals surface area contributed by atoms with E-state index in [1.807, 2.05) is 0 Å². The summed E-state index contributed by atoms with van der Waals surface area (Å²) in [5, 5.41) is 23.3. The molecule has 9 nitrogen and oxygen atoms in total. The Bertz CT molecular complexity index is 1330. The molecule has 0 bridgehead atoms. The van der Waals surface area contributed by atoms with Crippen LogP contribution in [-0.4, -0.2) is 22.8 Å². The Labute approximate surface area is 183 Å². The van der Waals surface area contributed by atoms with Gasteiger partial charge < -0.3 is 0 Å². The minimum Gasteiger partial charge on any atom is -0.282 e. The predicted molar refractivity (Wildman–Crippen MR) is 120 cm³/mol. The molecule has 0 aliphatic heterocycles. The third-order valence-electron chi connectivity index (χ3n) is 4.46. The second kappa shape index (κ2) is 9.33. The molecule has 162 valence electrons. The first-order chi connectivity index (χ1) is 15.2. The van der Waals surface area contributed by atoms with Gasteiger partial charge in [-0.2, -0.15) is 8.42 Å². The van der Waals surface area contributed by atoms with E-state index in [2.05, 4.69) is 0 Å². The van der Waals surface area contributed by atoms with Gasteiger partial charge >= 0.3 is 11.4 Å². The molecule has 0 spiro atoms. The van der Waals surface area contributed by atoms with Gasteiger partial charge in [0.05, 0.1) is 15.4 Å². The summed E-state index contributed by atoms with van der Waals surface area (Å²) in [6.45, 7) is 0. The van der Waals surface area contributed by atoms with Gasteiger partial charge in [0.2, 0.25) is 0 Å². The van der Waals surface area contributed by atoms with Crippen molar-refractivity contribution < 1.29 is 22.8 Å². The molecule has 10 heteroatoms. The first kappa shape index (κ1) is 22.5. The molecule has 0 aliphatic carbocycles. The standard InChI is InChI=1S/C22H16N2O7S/c25-23(26)20-15-21(32(29,30)31)18(13-11-16-7-3-1-4-8-16)19(22(20)24(27)28)14-12-17-9-5-2-6-10-17/h1-15H,(H,29,30,31). The van der Waals surface area contributed by atoms with Gasteiger partial charge in [-0.25, -0.2) is 0 Å². The van der Waals surface area contributed by atoms with Gasteiger partial charge in [0.25, 0.3) is 10.1 Å². The van der Waals surface area contributed by atoms with Gasteiger partial charge in [-0.1, -0.05) is 78.9 Å². The molecule has 3 aromatic rings. The molecule has 32 heavy (non-hydrogen) atoms. The molecule has 0 atom stereocenters. The van der Waals surface area contributed by atoms with Crippen LogP contribution < -0.4 is 0 Å². The monoisotopic (exact) mass is 452 g/mol. The van der Waals surface area contributed by atoms with E-state index in [1.165, 1.54) is 24.3 Å². The first-order valence-electron chi connectivity index (χ1n) is 9.12. The average Bonchev–Trinajstić information content (AvgIpc) is 2.76. The van der Waals surface area contributed by atoms with Crippen LogP contribution in [0.5, 0.6) is 0 Å². The van der Waals surface area contributed by atoms with Crippen LogP contribution in [0.2, 0.25) is 0 Å². The molecule has 0 aliphatic rings. The van der Waals surface area contributed by atoms with Crippen molar-refractivity contribution in [3.05, 3.63) is 109 Å². The van der Waals surface area contributed by atoms with E-state index in [1.54, 1.807) is 60.7 Å². The Morgan fingerprint density at radius 1 is 0.719 bits per heavy atom. The number of nitro benzene ring substituents is 2. The largest absolute Gasteiger partial charge is 0.353 e. The highest BCUT2D eigenvalue weighted by Gasteiger charge is 2.34. The van der Waals surface area contributed by atoms with E-state index < -0.39 is 36.2 Å². The maximum Gasteiger partial charge on any atom is 0.353 e. The van der Waals surface area contributed by atoms with E-state index in [-0.39, 0.29) is 11.1 Å². The van der Waals surface area contributed by atoms with Gasteiger partial charge in [0.15, 0.2) is 0 Å². The number of hydrogen-bond donors (Lipinski definition) is 1. The van der Waals surface area contributed by atoms with Crippen molar-refractivity contribution in [2.45, 2.75) is 4.90 Å². The average molecular weight is 452 g/mol. The second-order valence-electron chi connectivity index (χ2n) is 6.55. The van der Waals surface area contributed by atoms with Crippen LogP contribution in [0.3, 0.4) is 0 Å². The van der Waals surface area contributed by atoms with Gasteiger partial charge in [-0.15, -0.1) is 0 Å². The molecule has 0 fully saturated rings. The van der Waals surface area contributed by atoms with Crippen LogP contribution in [0.15, 0.2) is 71.6 Å². The molecule has 0 saturated heterocycles. The van der Waals surface area contributed by atoms with Crippen LogP contribution >= 0.6 is 0 Å². The third-order valence-corrected chi connectivity index (χ3v) is 5.36. The van der Waals surface area contributed by atoms with Crippen molar-refractivity contribution in [3.8, 4) is 0 Å². The molecule has 0 heterocycles. The van der Waals surface area contributed by atoms with Crippen molar-refractivity contribution >= 4 is 45.8 Å². The maximum atomic E-state index is 12.1. The molecular formula is C22H16N2O7S. The van der Waals surface area contributed by atoms with Gasteiger partial charge in [0, 0.05) is 11.6 Å². The fraction of sp³-hybridized carbons (Fsp3) is 0. The number of nitrogens with zero attached hydrogens (tertiary/aromatic N) is 2. The highest BCUT2D eigenvalue weighted by atomic mass is 32.2. The number of rotatable bonds is 7. The molecular weight excluding hydrogens is 436 g/mol. The van der Waals surface area contributed by atoms with E-state index in [0.29, 0.717) is 17.2 Å². The lowest BCUT2D eigenvalue weighted by Crippen LogP contribution is -2.08. The van der Waals surface area contributed by atoms with Crippen molar-refractivity contribution in [1.82, 2.24) is 0 Å². The maximum absolute atomic E-state index is 12.1. The molecule has 0 unspecified atom stereocenters. The zero-order chi connectivity index (χ0) is 23.3. The van der Waals surface area contributed by atoms with E-state index >= 15 is 0 Å². The minimum absolute atomic E-state index is 0.249. The quantitative estimate of drug-likeness (QED) is 0.228. The molecule has 0 radical (unpaired) electrons. The summed E-state index contributed by atoms with van der Waals surface area (Å²) >= 11 is 0. The third kappa shape index (κ3) is 5.12. The number of nitro groups is 2. The highest BCUT2D eigenvalue weighted by Crippen LogP contribution is 2.39. The van der Waals surface area contributed by atoms with Crippen molar-refractivity contribution in [2.24, 2.45) is 0 Å². The lowest BCUT2D eigenvalue weighted by molar-refractivity contribution is -0.422. The fourth-order valence-electron chi connectivity index (χ4n) is 3.04. The molecule has 3 aromatic carbocycles. The molecule has 0 aromatic heterocycles. The summed E-state index contributed by atoms with van der Waals surface area (Å²) in [5.41, 5.74) is -1.24. The summed E-state index contributed by atoms with van der Waals surface area (Å²) in [6, 6.07) is 17.8. The van der Waals surface area contributed by atoms with E-state index in [0.717, 1.165) is 0 Å². The lowest BCUT2D eigenvalue weighted by Gasteiger charge is -2.09. The summed E-state index contributed by atoms with van der Waals surface area (Å²) in [7, 11) is -4.95. The normalized spacial score (nSPS) is 11.8. The van der Waals surface area contributed by atoms with Gasteiger partial charge in [-0.3, -0.25) is 24.8 Å².